The molecule has 0 saturated carbocycles. The minimum Gasteiger partial charge on any atom is -0.464 e. The van der Waals surface area contributed by atoms with Gasteiger partial charge in [-0.25, -0.2) is 0 Å². The van der Waals surface area contributed by atoms with Gasteiger partial charge in [-0.15, -0.1) is 0 Å². The summed E-state index contributed by atoms with van der Waals surface area (Å²) in [6, 6.07) is 0.281. The molecule has 0 atom stereocenters. The monoisotopic (exact) mass is 282 g/mol. The predicted molar refractivity (Wildman–Crippen MR) is 77.0 cm³/mol. The van der Waals surface area contributed by atoms with Crippen LogP contribution in [0.15, 0.2) is 0 Å². The van der Waals surface area contributed by atoms with E-state index in [0.29, 0.717) is 31.6 Å². The van der Waals surface area contributed by atoms with Gasteiger partial charge in [-0.2, -0.15) is 15.0 Å². The van der Waals surface area contributed by atoms with Gasteiger partial charge >= 0.3 is 6.01 Å². The Labute approximate surface area is 118 Å². The lowest BCUT2D eigenvalue weighted by Crippen LogP contribution is -2.26. The predicted octanol–water partition coefficient (Wildman–Crippen LogP) is 0.640. The number of nitrogens with one attached hydrogen (secondary N) is 3. The molecule has 1 aromatic heterocycles. The van der Waals surface area contributed by atoms with E-state index in [1.54, 1.807) is 0 Å². The van der Waals surface area contributed by atoms with E-state index in [1.807, 2.05) is 6.92 Å². The molecule has 20 heavy (non-hydrogen) atoms. The van der Waals surface area contributed by atoms with E-state index in [4.69, 9.17) is 4.74 Å². The van der Waals surface area contributed by atoms with Crippen LogP contribution in [0.25, 0.3) is 0 Å². The molecule has 0 fully saturated rings. The fourth-order valence-electron chi connectivity index (χ4n) is 1.36. The molecule has 1 rings (SSSR count). The Kier molecular flexibility index (Phi) is 7.08. The van der Waals surface area contributed by atoms with Gasteiger partial charge in [-0.05, 0) is 13.3 Å². The lowest BCUT2D eigenvalue weighted by molar-refractivity contribution is -0.118. The number of anilines is 2. The highest BCUT2D eigenvalue weighted by atomic mass is 16.5. The smallest absolute Gasteiger partial charge is 0.323 e. The summed E-state index contributed by atoms with van der Waals surface area (Å²) in [6.07, 6.45) is 0.973. The van der Waals surface area contributed by atoms with Crippen molar-refractivity contribution in [3.63, 3.8) is 0 Å². The maximum atomic E-state index is 10.8. The van der Waals surface area contributed by atoms with Crippen LogP contribution in [0.1, 0.15) is 27.2 Å². The summed E-state index contributed by atoms with van der Waals surface area (Å²) in [5, 5.41) is 8.79. The van der Waals surface area contributed by atoms with Crippen molar-refractivity contribution < 1.29 is 9.53 Å². The van der Waals surface area contributed by atoms with Crippen molar-refractivity contribution in [3.05, 3.63) is 0 Å². The van der Waals surface area contributed by atoms with Crippen LogP contribution < -0.4 is 20.7 Å². The van der Waals surface area contributed by atoms with E-state index < -0.39 is 0 Å². The van der Waals surface area contributed by atoms with Gasteiger partial charge in [0.25, 0.3) is 0 Å². The quantitative estimate of drug-likeness (QED) is 0.571. The fraction of sp³-hybridized carbons (Fsp3) is 0.667. The molecule has 0 radical (unpaired) electrons. The highest BCUT2D eigenvalue weighted by molar-refractivity contribution is 5.72. The summed E-state index contributed by atoms with van der Waals surface area (Å²) in [4.78, 5) is 23.3. The Morgan fingerprint density at radius 2 is 1.70 bits per heavy atom. The normalized spacial score (nSPS) is 9.95. The molecule has 0 bridgehead atoms. The first-order valence-electron chi connectivity index (χ1n) is 6.76. The van der Waals surface area contributed by atoms with E-state index in [-0.39, 0.29) is 11.9 Å². The molecule has 0 aliphatic heterocycles. The summed E-state index contributed by atoms with van der Waals surface area (Å²) in [6.45, 7) is 7.70. The standard InChI is InChI=1S/C12H22N6O2/c1-4-6-14-10-16-11(15-8-7-13-9(3)19)18-12(17-10)20-5-2/h4-8H2,1-3H3,(H,13,19)(H2,14,15,16,17,18). The molecule has 8 nitrogen and oxygen atoms in total. The number of nitrogens with zero attached hydrogens (tertiary/aromatic N) is 3. The molecular formula is C12H22N6O2. The second-order valence-electron chi connectivity index (χ2n) is 4.03. The minimum atomic E-state index is -0.0669. The van der Waals surface area contributed by atoms with Gasteiger partial charge in [0, 0.05) is 26.6 Å². The van der Waals surface area contributed by atoms with Crippen molar-refractivity contribution in [1.82, 2.24) is 20.3 Å². The molecule has 0 saturated heterocycles. The number of carbonyl (C=O) groups excluding carboxylic acids is 1. The van der Waals surface area contributed by atoms with Crippen LogP contribution >= 0.6 is 0 Å². The largest absolute Gasteiger partial charge is 0.464 e. The molecule has 0 aromatic carbocycles. The highest BCUT2D eigenvalue weighted by Crippen LogP contribution is 2.10. The maximum Gasteiger partial charge on any atom is 0.323 e. The van der Waals surface area contributed by atoms with Crippen LogP contribution in [0, 0.1) is 0 Å². The topological polar surface area (TPSA) is 101 Å². The van der Waals surface area contributed by atoms with Crippen LogP contribution in [-0.4, -0.2) is 47.1 Å². The lowest BCUT2D eigenvalue weighted by atomic mass is 10.5. The molecule has 8 heteroatoms. The number of ether oxygens (including phenoxy) is 1. The number of aromatic nitrogens is 3. The summed E-state index contributed by atoms with van der Waals surface area (Å²) < 4.78 is 5.30. The molecule has 0 spiro atoms. The van der Waals surface area contributed by atoms with Gasteiger partial charge in [-0.1, -0.05) is 6.92 Å². The van der Waals surface area contributed by atoms with E-state index in [0.717, 1.165) is 13.0 Å². The number of carbonyl (C=O) groups is 1. The highest BCUT2D eigenvalue weighted by Gasteiger charge is 2.06. The third kappa shape index (κ3) is 6.17. The van der Waals surface area contributed by atoms with Crippen molar-refractivity contribution in [3.8, 4) is 6.01 Å². The van der Waals surface area contributed by atoms with Gasteiger partial charge in [0.2, 0.25) is 17.8 Å². The minimum absolute atomic E-state index is 0.0669. The average molecular weight is 282 g/mol. The van der Waals surface area contributed by atoms with Crippen LogP contribution in [0.2, 0.25) is 0 Å². The first kappa shape index (κ1) is 15.9. The Morgan fingerprint density at radius 1 is 1.05 bits per heavy atom. The van der Waals surface area contributed by atoms with Crippen molar-refractivity contribution >= 4 is 17.8 Å². The van der Waals surface area contributed by atoms with Gasteiger partial charge < -0.3 is 20.7 Å². The third-order valence-electron chi connectivity index (χ3n) is 2.20. The van der Waals surface area contributed by atoms with Gasteiger partial charge in [0.05, 0.1) is 6.61 Å². The van der Waals surface area contributed by atoms with Crippen LogP contribution in [0.3, 0.4) is 0 Å². The van der Waals surface area contributed by atoms with E-state index in [2.05, 4.69) is 37.8 Å². The zero-order valence-electron chi connectivity index (χ0n) is 12.2. The second kappa shape index (κ2) is 8.89. The van der Waals surface area contributed by atoms with E-state index in [9.17, 15) is 4.79 Å². The molecule has 0 aliphatic rings. The zero-order chi connectivity index (χ0) is 14.8. The summed E-state index contributed by atoms with van der Waals surface area (Å²) in [5.74, 6) is 0.836. The first-order chi connectivity index (χ1) is 9.65. The fourth-order valence-corrected chi connectivity index (χ4v) is 1.36. The number of hydrogen-bond acceptors (Lipinski definition) is 7. The molecule has 1 heterocycles. The molecule has 3 N–H and O–H groups in total. The summed E-state index contributed by atoms with van der Waals surface area (Å²) >= 11 is 0. The zero-order valence-corrected chi connectivity index (χ0v) is 12.2. The van der Waals surface area contributed by atoms with Crippen molar-refractivity contribution in [2.75, 3.05) is 36.9 Å². The first-order valence-corrected chi connectivity index (χ1v) is 6.76. The van der Waals surface area contributed by atoms with Gasteiger partial charge in [0.1, 0.15) is 0 Å². The lowest BCUT2D eigenvalue weighted by Gasteiger charge is -2.09. The summed E-state index contributed by atoms with van der Waals surface area (Å²) in [5.41, 5.74) is 0. The van der Waals surface area contributed by atoms with Crippen molar-refractivity contribution in [2.24, 2.45) is 0 Å². The molecule has 1 aromatic rings. The number of hydrogen-bond donors (Lipinski definition) is 3. The Balaban J connectivity index is 2.62. The SMILES string of the molecule is CCCNc1nc(NCCNC(C)=O)nc(OCC)n1. The molecular weight excluding hydrogens is 260 g/mol. The third-order valence-corrected chi connectivity index (χ3v) is 2.20. The van der Waals surface area contributed by atoms with E-state index in [1.165, 1.54) is 6.92 Å². The van der Waals surface area contributed by atoms with Gasteiger partial charge in [0.15, 0.2) is 0 Å². The molecule has 1 amide bonds. The van der Waals surface area contributed by atoms with Crippen molar-refractivity contribution in [1.29, 1.82) is 0 Å². The summed E-state index contributed by atoms with van der Waals surface area (Å²) in [7, 11) is 0. The Bertz CT molecular complexity index is 426. The van der Waals surface area contributed by atoms with Crippen LogP contribution in [-0.2, 0) is 4.79 Å². The number of rotatable bonds is 9. The molecule has 0 unspecified atom stereocenters. The maximum absolute atomic E-state index is 10.8. The number of amides is 1. The van der Waals surface area contributed by atoms with Crippen LogP contribution in [0.4, 0.5) is 11.9 Å². The van der Waals surface area contributed by atoms with Crippen LogP contribution in [0.5, 0.6) is 6.01 Å². The Morgan fingerprint density at radius 3 is 2.25 bits per heavy atom. The average Bonchev–Trinajstić information content (AvgIpc) is 2.41. The molecule has 112 valence electrons. The van der Waals surface area contributed by atoms with Crippen molar-refractivity contribution in [2.45, 2.75) is 27.2 Å². The van der Waals surface area contributed by atoms with Gasteiger partial charge in [-0.3, -0.25) is 4.79 Å². The molecule has 0 aliphatic carbocycles. The second-order valence-corrected chi connectivity index (χ2v) is 4.03. The van der Waals surface area contributed by atoms with E-state index >= 15 is 0 Å². The Hall–Kier alpha value is -2.12.